The zero-order valence-corrected chi connectivity index (χ0v) is 16.9. The van der Waals surface area contributed by atoms with E-state index < -0.39 is 41.7 Å². The zero-order valence-electron chi connectivity index (χ0n) is 16.9. The number of carbonyl (C=O) groups excluding carboxylic acids is 4. The van der Waals surface area contributed by atoms with Gasteiger partial charge in [-0.15, -0.1) is 0 Å². The van der Waals surface area contributed by atoms with E-state index in [1.165, 1.54) is 7.11 Å². The van der Waals surface area contributed by atoms with Crippen LogP contribution in [0.2, 0.25) is 0 Å². The summed E-state index contributed by atoms with van der Waals surface area (Å²) in [5, 5.41) is 7.50. The minimum atomic E-state index is -0.918. The largest absolute Gasteiger partial charge is 0.467 e. The minimum absolute atomic E-state index is 0.232. The summed E-state index contributed by atoms with van der Waals surface area (Å²) in [4.78, 5) is 47.1. The first-order valence-electron chi connectivity index (χ1n) is 8.78. The number of alkyl carbamates (subject to hydrolysis) is 1. The molecule has 0 saturated carbocycles. The van der Waals surface area contributed by atoms with E-state index in [0.29, 0.717) is 6.42 Å². The highest BCUT2D eigenvalue weighted by atomic mass is 16.6. The minimum Gasteiger partial charge on any atom is -0.467 e. The molecule has 2 unspecified atom stereocenters. The number of hydrogen-bond acceptors (Lipinski definition) is 6. The summed E-state index contributed by atoms with van der Waals surface area (Å²) < 4.78 is 9.87. The fraction of sp³-hybridized carbons (Fsp3) is 0.765. The van der Waals surface area contributed by atoms with E-state index >= 15 is 0 Å². The van der Waals surface area contributed by atoms with Gasteiger partial charge in [0, 0.05) is 6.54 Å². The Morgan fingerprint density at radius 1 is 1.07 bits per heavy atom. The molecule has 0 spiro atoms. The van der Waals surface area contributed by atoms with Gasteiger partial charge in [-0.25, -0.2) is 14.4 Å². The van der Waals surface area contributed by atoms with Gasteiger partial charge in [0.25, 0.3) is 0 Å². The van der Waals surface area contributed by atoms with E-state index in [9.17, 15) is 19.2 Å². The monoisotopic (exact) mass is 388 g/mol. The number of esters is 1. The van der Waals surface area contributed by atoms with Crippen molar-refractivity contribution >= 4 is 24.0 Å². The number of amides is 4. The Bertz CT molecular complexity index is 530. The summed E-state index contributed by atoms with van der Waals surface area (Å²) in [6, 6.07) is -2.48. The molecule has 156 valence electrons. The summed E-state index contributed by atoms with van der Waals surface area (Å²) in [5.74, 6) is -1.40. The van der Waals surface area contributed by atoms with Gasteiger partial charge in [0.1, 0.15) is 17.7 Å². The number of nitrogens with two attached hydrogens (primary N) is 1. The predicted octanol–water partition coefficient (Wildman–Crippen LogP) is 0.642. The van der Waals surface area contributed by atoms with Crippen molar-refractivity contribution in [2.45, 2.75) is 65.1 Å². The maximum atomic E-state index is 12.6. The Labute approximate surface area is 159 Å². The fourth-order valence-corrected chi connectivity index (χ4v) is 2.14. The molecule has 0 aromatic carbocycles. The first kappa shape index (κ1) is 24.5. The Morgan fingerprint density at radius 2 is 1.67 bits per heavy atom. The van der Waals surface area contributed by atoms with Crippen molar-refractivity contribution < 1.29 is 28.7 Å². The first-order valence-corrected chi connectivity index (χ1v) is 8.78. The topological polar surface area (TPSA) is 149 Å². The maximum absolute atomic E-state index is 12.6. The number of urea groups is 1. The lowest BCUT2D eigenvalue weighted by atomic mass is 10.0. The molecule has 0 saturated heterocycles. The van der Waals surface area contributed by atoms with E-state index in [4.69, 9.17) is 15.2 Å². The van der Waals surface area contributed by atoms with Crippen LogP contribution in [-0.4, -0.2) is 55.3 Å². The standard InChI is InChI=1S/C17H32N4O6/c1-10(2)12(21-16(25)27-17(3,4)5)13(22)20-11(14(23)26-6)8-7-9-19-15(18)24/h10-12H,7-9H2,1-6H3,(H,20,22)(H,21,25)(H3,18,19,24). The molecule has 10 heteroatoms. The van der Waals surface area contributed by atoms with E-state index in [-0.39, 0.29) is 18.9 Å². The van der Waals surface area contributed by atoms with Crippen molar-refractivity contribution in [3.8, 4) is 0 Å². The lowest BCUT2D eigenvalue weighted by molar-refractivity contribution is -0.145. The summed E-state index contributed by atoms with van der Waals surface area (Å²) >= 11 is 0. The average molecular weight is 388 g/mol. The molecule has 0 rings (SSSR count). The van der Waals surface area contributed by atoms with Gasteiger partial charge in [-0.1, -0.05) is 13.8 Å². The predicted molar refractivity (Wildman–Crippen MR) is 98.8 cm³/mol. The highest BCUT2D eigenvalue weighted by molar-refractivity contribution is 5.89. The maximum Gasteiger partial charge on any atom is 0.408 e. The average Bonchev–Trinajstić information content (AvgIpc) is 2.52. The van der Waals surface area contributed by atoms with Crippen LogP contribution < -0.4 is 21.7 Å². The normalized spacial score (nSPS) is 13.3. The number of rotatable bonds is 9. The third-order valence-corrected chi connectivity index (χ3v) is 3.39. The Balaban J connectivity index is 4.92. The smallest absolute Gasteiger partial charge is 0.408 e. The van der Waals surface area contributed by atoms with Crippen LogP contribution in [0.25, 0.3) is 0 Å². The highest BCUT2D eigenvalue weighted by Crippen LogP contribution is 2.10. The lowest BCUT2D eigenvalue weighted by Crippen LogP contribution is -2.54. The van der Waals surface area contributed by atoms with Crippen LogP contribution in [-0.2, 0) is 19.1 Å². The number of primary amides is 1. The number of carbonyl (C=O) groups is 4. The molecule has 10 nitrogen and oxygen atoms in total. The molecule has 5 N–H and O–H groups in total. The van der Waals surface area contributed by atoms with E-state index in [0.717, 1.165) is 0 Å². The second-order valence-corrected chi connectivity index (χ2v) is 7.39. The summed E-state index contributed by atoms with van der Waals surface area (Å²) in [6.45, 7) is 8.90. The molecule has 0 aromatic heterocycles. The van der Waals surface area contributed by atoms with Gasteiger partial charge >= 0.3 is 18.1 Å². The molecular formula is C17H32N4O6. The van der Waals surface area contributed by atoms with E-state index in [1.54, 1.807) is 34.6 Å². The van der Waals surface area contributed by atoms with Gasteiger partial charge in [-0.3, -0.25) is 4.79 Å². The molecule has 0 fully saturated rings. The number of methoxy groups -OCH3 is 1. The number of ether oxygens (including phenoxy) is 2. The Kier molecular flexibility index (Phi) is 10.2. The number of hydrogen-bond donors (Lipinski definition) is 4. The van der Waals surface area contributed by atoms with Crippen molar-refractivity contribution in [3.63, 3.8) is 0 Å². The Morgan fingerprint density at radius 3 is 2.11 bits per heavy atom. The van der Waals surface area contributed by atoms with E-state index in [1.807, 2.05) is 0 Å². The van der Waals surface area contributed by atoms with E-state index in [2.05, 4.69) is 16.0 Å². The molecule has 0 aliphatic rings. The number of nitrogens with one attached hydrogen (secondary N) is 3. The third kappa shape index (κ3) is 10.9. The molecule has 0 heterocycles. The first-order chi connectivity index (χ1) is 12.4. The summed E-state index contributed by atoms with van der Waals surface area (Å²) in [5.41, 5.74) is 4.27. The molecule has 0 aliphatic carbocycles. The van der Waals surface area contributed by atoms with Crippen LogP contribution in [0, 0.1) is 5.92 Å². The van der Waals surface area contributed by atoms with Gasteiger partial charge < -0.3 is 31.2 Å². The zero-order chi connectivity index (χ0) is 21.2. The molecule has 0 bridgehead atoms. The van der Waals surface area contributed by atoms with Crippen LogP contribution in [0.15, 0.2) is 0 Å². The van der Waals surface area contributed by atoms with Gasteiger partial charge in [0.15, 0.2) is 0 Å². The summed E-state index contributed by atoms with van der Waals surface area (Å²) in [7, 11) is 1.21. The third-order valence-electron chi connectivity index (χ3n) is 3.39. The lowest BCUT2D eigenvalue weighted by Gasteiger charge is -2.26. The van der Waals surface area contributed by atoms with Crippen molar-refractivity contribution in [2.75, 3.05) is 13.7 Å². The van der Waals surface area contributed by atoms with Gasteiger partial charge in [0.05, 0.1) is 7.11 Å². The molecule has 0 aromatic rings. The Hall–Kier alpha value is -2.52. The van der Waals surface area contributed by atoms with Crippen LogP contribution in [0.1, 0.15) is 47.5 Å². The molecule has 4 amide bonds. The highest BCUT2D eigenvalue weighted by Gasteiger charge is 2.30. The van der Waals surface area contributed by atoms with Crippen molar-refractivity contribution in [2.24, 2.45) is 11.7 Å². The molecule has 2 atom stereocenters. The fourth-order valence-electron chi connectivity index (χ4n) is 2.14. The van der Waals surface area contributed by atoms with Crippen molar-refractivity contribution in [1.82, 2.24) is 16.0 Å². The second-order valence-electron chi connectivity index (χ2n) is 7.39. The molecular weight excluding hydrogens is 356 g/mol. The van der Waals surface area contributed by atoms with Crippen LogP contribution in [0.5, 0.6) is 0 Å². The van der Waals surface area contributed by atoms with Crippen molar-refractivity contribution in [3.05, 3.63) is 0 Å². The van der Waals surface area contributed by atoms with Gasteiger partial charge in [-0.2, -0.15) is 0 Å². The van der Waals surface area contributed by atoms with Gasteiger partial charge in [-0.05, 0) is 39.5 Å². The van der Waals surface area contributed by atoms with Crippen molar-refractivity contribution in [1.29, 1.82) is 0 Å². The second kappa shape index (κ2) is 11.2. The summed E-state index contributed by atoms with van der Waals surface area (Å²) in [6.07, 6.45) is -0.0956. The molecule has 0 radical (unpaired) electrons. The quantitative estimate of drug-likeness (QED) is 0.336. The van der Waals surface area contributed by atoms with Gasteiger partial charge in [0.2, 0.25) is 5.91 Å². The molecule has 27 heavy (non-hydrogen) atoms. The van der Waals surface area contributed by atoms with Crippen LogP contribution in [0.3, 0.4) is 0 Å². The molecule has 0 aliphatic heterocycles. The van der Waals surface area contributed by atoms with Crippen LogP contribution in [0.4, 0.5) is 9.59 Å². The SMILES string of the molecule is COC(=O)C(CCCNC(N)=O)NC(=O)C(NC(=O)OC(C)(C)C)C(C)C. The van der Waals surface area contributed by atoms with Crippen LogP contribution >= 0.6 is 0 Å².